The summed E-state index contributed by atoms with van der Waals surface area (Å²) < 4.78 is 0. The summed E-state index contributed by atoms with van der Waals surface area (Å²) in [6, 6.07) is 1.61. The SMILES string of the molecule is CC1CC(=O)NC2(CCCC2)C(=O)N1Cc1ncccn1. The molecule has 6 heteroatoms. The Morgan fingerprint density at radius 2 is 1.95 bits per heavy atom. The Morgan fingerprint density at radius 1 is 1.29 bits per heavy atom. The van der Waals surface area contributed by atoms with Crippen LogP contribution in [0.3, 0.4) is 0 Å². The molecule has 6 nitrogen and oxygen atoms in total. The van der Waals surface area contributed by atoms with E-state index < -0.39 is 5.54 Å². The van der Waals surface area contributed by atoms with Gasteiger partial charge in [-0.05, 0) is 25.8 Å². The Kier molecular flexibility index (Phi) is 3.61. The van der Waals surface area contributed by atoms with Gasteiger partial charge in [0.05, 0.1) is 6.54 Å². The molecule has 1 aromatic heterocycles. The van der Waals surface area contributed by atoms with E-state index in [9.17, 15) is 9.59 Å². The van der Waals surface area contributed by atoms with Crippen molar-refractivity contribution in [2.75, 3.05) is 0 Å². The van der Waals surface area contributed by atoms with E-state index in [-0.39, 0.29) is 17.9 Å². The number of rotatable bonds is 2. The maximum absolute atomic E-state index is 13.0. The van der Waals surface area contributed by atoms with Crippen LogP contribution in [0.15, 0.2) is 18.5 Å². The lowest BCUT2D eigenvalue weighted by Crippen LogP contribution is -2.55. The van der Waals surface area contributed by atoms with Crippen LogP contribution in [-0.4, -0.2) is 38.3 Å². The van der Waals surface area contributed by atoms with E-state index in [2.05, 4.69) is 15.3 Å². The van der Waals surface area contributed by atoms with E-state index in [1.54, 1.807) is 23.4 Å². The largest absolute Gasteiger partial charge is 0.342 e. The van der Waals surface area contributed by atoms with E-state index >= 15 is 0 Å². The second kappa shape index (κ2) is 5.42. The molecule has 1 N–H and O–H groups in total. The van der Waals surface area contributed by atoms with Gasteiger partial charge in [-0.2, -0.15) is 0 Å². The van der Waals surface area contributed by atoms with Gasteiger partial charge in [-0.3, -0.25) is 9.59 Å². The highest BCUT2D eigenvalue weighted by Crippen LogP contribution is 2.34. The highest BCUT2D eigenvalue weighted by atomic mass is 16.2. The average molecular weight is 288 g/mol. The number of hydrogen-bond donors (Lipinski definition) is 1. The summed E-state index contributed by atoms with van der Waals surface area (Å²) in [4.78, 5) is 35.2. The molecular formula is C15H20N4O2. The van der Waals surface area contributed by atoms with Gasteiger partial charge >= 0.3 is 0 Å². The zero-order valence-electron chi connectivity index (χ0n) is 12.2. The fourth-order valence-electron chi connectivity index (χ4n) is 3.33. The Morgan fingerprint density at radius 3 is 2.62 bits per heavy atom. The van der Waals surface area contributed by atoms with E-state index in [0.717, 1.165) is 25.7 Å². The Balaban J connectivity index is 1.89. The maximum atomic E-state index is 13.0. The highest BCUT2D eigenvalue weighted by molar-refractivity contribution is 5.94. The van der Waals surface area contributed by atoms with Gasteiger partial charge in [0, 0.05) is 24.9 Å². The van der Waals surface area contributed by atoms with Crippen LogP contribution in [0.5, 0.6) is 0 Å². The van der Waals surface area contributed by atoms with Crippen LogP contribution in [0.2, 0.25) is 0 Å². The molecule has 2 aliphatic rings. The van der Waals surface area contributed by atoms with Crippen molar-refractivity contribution >= 4 is 11.8 Å². The molecule has 1 atom stereocenters. The minimum absolute atomic E-state index is 0.0193. The van der Waals surface area contributed by atoms with Gasteiger partial charge in [-0.15, -0.1) is 0 Å². The average Bonchev–Trinajstić information content (AvgIpc) is 2.91. The van der Waals surface area contributed by atoms with Gasteiger partial charge < -0.3 is 10.2 Å². The van der Waals surface area contributed by atoms with Crippen LogP contribution in [-0.2, 0) is 16.1 Å². The Labute approximate surface area is 124 Å². The number of carbonyl (C=O) groups excluding carboxylic acids is 2. The number of carbonyl (C=O) groups is 2. The molecule has 2 heterocycles. The molecule has 2 fully saturated rings. The fourth-order valence-corrected chi connectivity index (χ4v) is 3.33. The Hall–Kier alpha value is -1.98. The molecule has 1 saturated heterocycles. The van der Waals surface area contributed by atoms with E-state index in [1.165, 1.54) is 0 Å². The second-order valence-corrected chi connectivity index (χ2v) is 5.99. The number of amides is 2. The molecule has 1 saturated carbocycles. The van der Waals surface area contributed by atoms with Gasteiger partial charge in [0.15, 0.2) is 0 Å². The molecule has 21 heavy (non-hydrogen) atoms. The number of aromatic nitrogens is 2. The monoisotopic (exact) mass is 288 g/mol. The molecule has 3 rings (SSSR count). The maximum Gasteiger partial charge on any atom is 0.248 e. The first-order chi connectivity index (χ1) is 10.1. The Bertz CT molecular complexity index is 540. The van der Waals surface area contributed by atoms with Gasteiger partial charge in [0.25, 0.3) is 0 Å². The van der Waals surface area contributed by atoms with Crippen LogP contribution < -0.4 is 5.32 Å². The molecule has 1 aliphatic heterocycles. The molecule has 1 spiro atoms. The summed E-state index contributed by atoms with van der Waals surface area (Å²) in [6.45, 7) is 2.27. The van der Waals surface area contributed by atoms with Crippen LogP contribution in [0.1, 0.15) is 44.9 Å². The molecule has 1 unspecified atom stereocenters. The van der Waals surface area contributed by atoms with Gasteiger partial charge in [-0.25, -0.2) is 9.97 Å². The summed E-state index contributed by atoms with van der Waals surface area (Å²) >= 11 is 0. The zero-order chi connectivity index (χ0) is 14.9. The van der Waals surface area contributed by atoms with Crippen molar-refractivity contribution in [1.29, 1.82) is 0 Å². The third-order valence-corrected chi connectivity index (χ3v) is 4.45. The second-order valence-electron chi connectivity index (χ2n) is 5.99. The minimum atomic E-state index is -0.698. The van der Waals surface area contributed by atoms with Crippen LogP contribution in [0.4, 0.5) is 0 Å². The predicted octanol–water partition coefficient (Wildman–Crippen LogP) is 1.03. The van der Waals surface area contributed by atoms with Crippen molar-refractivity contribution in [3.8, 4) is 0 Å². The van der Waals surface area contributed by atoms with Crippen molar-refractivity contribution in [3.05, 3.63) is 24.3 Å². The standard InChI is InChI=1S/C15H20N4O2/c1-11-9-13(20)18-15(5-2-3-6-15)14(21)19(11)10-12-16-7-4-8-17-12/h4,7-8,11H,2-3,5-6,9-10H2,1H3,(H,18,20). The molecule has 1 aliphatic carbocycles. The molecule has 0 bridgehead atoms. The van der Waals surface area contributed by atoms with Crippen LogP contribution >= 0.6 is 0 Å². The first-order valence-corrected chi connectivity index (χ1v) is 7.49. The first kappa shape index (κ1) is 14.0. The topological polar surface area (TPSA) is 75.2 Å². The molecule has 112 valence electrons. The normalized spacial score (nSPS) is 25.0. The number of hydrogen-bond acceptors (Lipinski definition) is 4. The third kappa shape index (κ3) is 2.62. The van der Waals surface area contributed by atoms with Gasteiger partial charge in [-0.1, -0.05) is 12.8 Å². The van der Waals surface area contributed by atoms with Gasteiger partial charge in [0.1, 0.15) is 11.4 Å². The minimum Gasteiger partial charge on any atom is -0.342 e. The molecule has 0 radical (unpaired) electrons. The quantitative estimate of drug-likeness (QED) is 0.882. The first-order valence-electron chi connectivity index (χ1n) is 7.49. The summed E-state index contributed by atoms with van der Waals surface area (Å²) in [7, 11) is 0. The summed E-state index contributed by atoms with van der Waals surface area (Å²) in [6.07, 6.45) is 7.10. The van der Waals surface area contributed by atoms with Crippen molar-refractivity contribution in [3.63, 3.8) is 0 Å². The summed E-state index contributed by atoms with van der Waals surface area (Å²) in [5.74, 6) is 0.597. The number of nitrogens with zero attached hydrogens (tertiary/aromatic N) is 3. The lowest BCUT2D eigenvalue weighted by molar-refractivity contribution is -0.140. The van der Waals surface area contributed by atoms with Crippen molar-refractivity contribution in [2.24, 2.45) is 0 Å². The lowest BCUT2D eigenvalue weighted by atomic mass is 9.95. The van der Waals surface area contributed by atoms with Gasteiger partial charge in [0.2, 0.25) is 11.8 Å². The lowest BCUT2D eigenvalue weighted by Gasteiger charge is -2.33. The molecule has 2 amide bonds. The van der Waals surface area contributed by atoms with Crippen molar-refractivity contribution < 1.29 is 9.59 Å². The van der Waals surface area contributed by atoms with Crippen LogP contribution in [0.25, 0.3) is 0 Å². The summed E-state index contributed by atoms with van der Waals surface area (Å²) in [5, 5.41) is 2.98. The van der Waals surface area contributed by atoms with Crippen LogP contribution in [0, 0.1) is 0 Å². The predicted molar refractivity (Wildman–Crippen MR) is 76.0 cm³/mol. The fraction of sp³-hybridized carbons (Fsp3) is 0.600. The third-order valence-electron chi connectivity index (χ3n) is 4.45. The zero-order valence-corrected chi connectivity index (χ0v) is 12.2. The smallest absolute Gasteiger partial charge is 0.248 e. The van der Waals surface area contributed by atoms with E-state index in [0.29, 0.717) is 18.8 Å². The molecule has 1 aromatic rings. The highest BCUT2D eigenvalue weighted by Gasteiger charge is 2.48. The van der Waals surface area contributed by atoms with Crippen molar-refractivity contribution in [2.45, 2.75) is 57.2 Å². The number of nitrogens with one attached hydrogen (secondary N) is 1. The van der Waals surface area contributed by atoms with E-state index in [1.807, 2.05) is 6.92 Å². The summed E-state index contributed by atoms with van der Waals surface area (Å²) in [5.41, 5.74) is -0.698. The van der Waals surface area contributed by atoms with E-state index in [4.69, 9.17) is 0 Å². The van der Waals surface area contributed by atoms with Crippen molar-refractivity contribution in [1.82, 2.24) is 20.2 Å². The molecule has 0 aromatic carbocycles. The molecular weight excluding hydrogens is 268 g/mol.